The first-order chi connectivity index (χ1) is 9.38. The summed E-state index contributed by atoms with van der Waals surface area (Å²) >= 11 is 5.05. The summed E-state index contributed by atoms with van der Waals surface area (Å²) in [7, 11) is 0. The van der Waals surface area contributed by atoms with E-state index >= 15 is 0 Å². The lowest BCUT2D eigenvalue weighted by atomic mass is 9.87. The van der Waals surface area contributed by atoms with Crippen molar-refractivity contribution in [1.82, 2.24) is 4.98 Å². The molecule has 0 spiro atoms. The number of hydrogen-bond donors (Lipinski definition) is 2. The van der Waals surface area contributed by atoms with Crippen molar-refractivity contribution < 1.29 is 0 Å². The van der Waals surface area contributed by atoms with Crippen LogP contribution in [-0.2, 0) is 5.41 Å². The highest BCUT2D eigenvalue weighted by Crippen LogP contribution is 2.25. The van der Waals surface area contributed by atoms with Crippen LogP contribution in [0.4, 0.5) is 11.4 Å². The minimum absolute atomic E-state index is 0.150. The fourth-order valence-electron chi connectivity index (χ4n) is 1.92. The largest absolute Gasteiger partial charge is 0.389 e. The predicted molar refractivity (Wildman–Crippen MR) is 88.5 cm³/mol. The molecule has 3 N–H and O–H groups in total. The first kappa shape index (κ1) is 14.5. The van der Waals surface area contributed by atoms with E-state index in [-0.39, 0.29) is 5.41 Å². The summed E-state index contributed by atoms with van der Waals surface area (Å²) in [4.78, 5) is 4.47. The fraction of sp³-hybridized carbons (Fsp3) is 0.250. The van der Waals surface area contributed by atoms with E-state index in [9.17, 15) is 0 Å². The SMILES string of the molecule is CC(C)(C)c1ccc(Nc2cnccc2C(N)=S)cc1. The number of rotatable bonds is 3. The molecular weight excluding hydrogens is 266 g/mol. The average Bonchev–Trinajstić information content (AvgIpc) is 2.38. The number of nitrogens with zero attached hydrogens (tertiary/aromatic N) is 1. The Bertz CT molecular complexity index is 612. The van der Waals surface area contributed by atoms with Crippen LogP contribution < -0.4 is 11.1 Å². The highest BCUT2D eigenvalue weighted by Gasteiger charge is 2.13. The Balaban J connectivity index is 2.25. The zero-order valence-electron chi connectivity index (χ0n) is 12.0. The van der Waals surface area contributed by atoms with Crippen molar-refractivity contribution in [3.8, 4) is 0 Å². The summed E-state index contributed by atoms with van der Waals surface area (Å²) in [6.45, 7) is 6.59. The molecule has 2 rings (SSSR count). The van der Waals surface area contributed by atoms with Gasteiger partial charge in [0.2, 0.25) is 0 Å². The molecule has 0 saturated heterocycles. The van der Waals surface area contributed by atoms with Crippen molar-refractivity contribution in [2.75, 3.05) is 5.32 Å². The second-order valence-electron chi connectivity index (χ2n) is 5.74. The fourth-order valence-corrected chi connectivity index (χ4v) is 2.10. The third-order valence-corrected chi connectivity index (χ3v) is 3.34. The second kappa shape index (κ2) is 5.59. The summed E-state index contributed by atoms with van der Waals surface area (Å²) in [5.74, 6) is 0. The van der Waals surface area contributed by atoms with Crippen LogP contribution in [0.5, 0.6) is 0 Å². The molecule has 1 aromatic heterocycles. The molecule has 0 unspecified atom stereocenters. The van der Waals surface area contributed by atoms with Crippen LogP contribution in [0, 0.1) is 0 Å². The second-order valence-corrected chi connectivity index (χ2v) is 6.18. The van der Waals surface area contributed by atoms with Crippen molar-refractivity contribution in [2.24, 2.45) is 5.73 Å². The van der Waals surface area contributed by atoms with E-state index in [1.807, 2.05) is 6.07 Å². The molecule has 1 heterocycles. The van der Waals surface area contributed by atoms with Gasteiger partial charge in [0.25, 0.3) is 0 Å². The van der Waals surface area contributed by atoms with Crippen LogP contribution in [0.2, 0.25) is 0 Å². The minimum atomic E-state index is 0.150. The van der Waals surface area contributed by atoms with E-state index in [2.05, 4.69) is 55.3 Å². The molecule has 2 aromatic rings. The predicted octanol–water partition coefficient (Wildman–Crippen LogP) is 3.76. The Hall–Kier alpha value is -1.94. The van der Waals surface area contributed by atoms with Gasteiger partial charge in [0, 0.05) is 17.4 Å². The summed E-state index contributed by atoms with van der Waals surface area (Å²) in [6, 6.07) is 10.2. The van der Waals surface area contributed by atoms with E-state index in [4.69, 9.17) is 18.0 Å². The lowest BCUT2D eigenvalue weighted by Crippen LogP contribution is -2.12. The lowest BCUT2D eigenvalue weighted by molar-refractivity contribution is 0.590. The Kier molecular flexibility index (Phi) is 4.04. The molecule has 3 nitrogen and oxygen atoms in total. The topological polar surface area (TPSA) is 50.9 Å². The van der Waals surface area contributed by atoms with Gasteiger partial charge < -0.3 is 11.1 Å². The number of nitrogens with two attached hydrogens (primary N) is 1. The van der Waals surface area contributed by atoms with Crippen molar-refractivity contribution in [3.05, 3.63) is 53.9 Å². The number of nitrogens with one attached hydrogen (secondary N) is 1. The van der Waals surface area contributed by atoms with Gasteiger partial charge in [0.05, 0.1) is 11.9 Å². The van der Waals surface area contributed by atoms with E-state index in [1.165, 1.54) is 5.56 Å². The summed E-state index contributed by atoms with van der Waals surface area (Å²) in [6.07, 6.45) is 3.41. The molecule has 0 fully saturated rings. The molecule has 104 valence electrons. The third kappa shape index (κ3) is 3.33. The molecule has 0 saturated carbocycles. The molecular formula is C16H19N3S. The van der Waals surface area contributed by atoms with E-state index in [0.29, 0.717) is 4.99 Å². The Morgan fingerprint density at radius 2 is 1.80 bits per heavy atom. The molecule has 0 radical (unpaired) electrons. The smallest absolute Gasteiger partial charge is 0.106 e. The van der Waals surface area contributed by atoms with Crippen LogP contribution in [0.15, 0.2) is 42.7 Å². The monoisotopic (exact) mass is 285 g/mol. The van der Waals surface area contributed by atoms with Gasteiger partial charge in [-0.1, -0.05) is 45.1 Å². The molecule has 0 amide bonds. The quantitative estimate of drug-likeness (QED) is 0.843. The molecule has 0 aliphatic carbocycles. The maximum atomic E-state index is 5.71. The van der Waals surface area contributed by atoms with E-state index in [1.54, 1.807) is 12.4 Å². The molecule has 0 bridgehead atoms. The van der Waals surface area contributed by atoms with Crippen molar-refractivity contribution in [2.45, 2.75) is 26.2 Å². The molecule has 20 heavy (non-hydrogen) atoms. The Labute approximate surface area is 125 Å². The van der Waals surface area contributed by atoms with Gasteiger partial charge in [-0.3, -0.25) is 4.98 Å². The standard InChI is InChI=1S/C16H19N3S/c1-16(2,3)11-4-6-12(7-5-11)19-14-10-18-9-8-13(14)15(17)20/h4-10,19H,1-3H3,(H2,17,20). The molecule has 0 aliphatic heterocycles. The molecule has 0 atom stereocenters. The molecule has 0 aliphatic rings. The molecule has 1 aromatic carbocycles. The average molecular weight is 285 g/mol. The summed E-state index contributed by atoms with van der Waals surface area (Å²) < 4.78 is 0. The summed E-state index contributed by atoms with van der Waals surface area (Å²) in [5.41, 5.74) is 9.77. The van der Waals surface area contributed by atoms with E-state index in [0.717, 1.165) is 16.9 Å². The van der Waals surface area contributed by atoms with Gasteiger partial charge in [-0.2, -0.15) is 0 Å². The van der Waals surface area contributed by atoms with Crippen LogP contribution in [0.3, 0.4) is 0 Å². The number of anilines is 2. The first-order valence-electron chi connectivity index (χ1n) is 6.49. The van der Waals surface area contributed by atoms with Gasteiger partial charge in [0.1, 0.15) is 4.99 Å². The highest BCUT2D eigenvalue weighted by molar-refractivity contribution is 7.80. The van der Waals surface area contributed by atoms with Crippen LogP contribution >= 0.6 is 12.2 Å². The maximum Gasteiger partial charge on any atom is 0.106 e. The van der Waals surface area contributed by atoms with Gasteiger partial charge >= 0.3 is 0 Å². The van der Waals surface area contributed by atoms with Crippen LogP contribution in [0.1, 0.15) is 31.9 Å². The van der Waals surface area contributed by atoms with Gasteiger partial charge in [-0.25, -0.2) is 0 Å². The first-order valence-corrected chi connectivity index (χ1v) is 6.90. The minimum Gasteiger partial charge on any atom is -0.389 e. The third-order valence-electron chi connectivity index (χ3n) is 3.12. The lowest BCUT2D eigenvalue weighted by Gasteiger charge is -2.19. The number of benzene rings is 1. The Morgan fingerprint density at radius 3 is 2.35 bits per heavy atom. The zero-order chi connectivity index (χ0) is 14.8. The maximum absolute atomic E-state index is 5.71. The van der Waals surface area contributed by atoms with Gasteiger partial charge in [0.15, 0.2) is 0 Å². The zero-order valence-corrected chi connectivity index (χ0v) is 12.8. The van der Waals surface area contributed by atoms with Crippen molar-refractivity contribution in [3.63, 3.8) is 0 Å². The number of hydrogen-bond acceptors (Lipinski definition) is 3. The number of thiocarbonyl (C=S) groups is 1. The number of aromatic nitrogens is 1. The van der Waals surface area contributed by atoms with Gasteiger partial charge in [-0.05, 0) is 29.2 Å². The van der Waals surface area contributed by atoms with Crippen LogP contribution in [-0.4, -0.2) is 9.97 Å². The normalized spacial score (nSPS) is 11.2. The van der Waals surface area contributed by atoms with E-state index < -0.39 is 0 Å². The number of pyridine rings is 1. The Morgan fingerprint density at radius 1 is 1.15 bits per heavy atom. The molecule has 4 heteroatoms. The summed E-state index contributed by atoms with van der Waals surface area (Å²) in [5, 5.41) is 3.30. The van der Waals surface area contributed by atoms with Crippen molar-refractivity contribution in [1.29, 1.82) is 0 Å². The van der Waals surface area contributed by atoms with Gasteiger partial charge in [-0.15, -0.1) is 0 Å². The van der Waals surface area contributed by atoms with Crippen molar-refractivity contribution >= 4 is 28.6 Å². The highest BCUT2D eigenvalue weighted by atomic mass is 32.1. The van der Waals surface area contributed by atoms with Crippen LogP contribution in [0.25, 0.3) is 0 Å².